The van der Waals surface area contributed by atoms with Crippen LogP contribution in [0.5, 0.6) is 0 Å². The summed E-state index contributed by atoms with van der Waals surface area (Å²) in [6, 6.07) is 13.3. The molecule has 2 aliphatic rings. The Balaban J connectivity index is 2.59. The van der Waals surface area contributed by atoms with Crippen LogP contribution < -0.4 is 0 Å². The summed E-state index contributed by atoms with van der Waals surface area (Å²) < 4.78 is 0. The van der Waals surface area contributed by atoms with Crippen LogP contribution in [0.3, 0.4) is 0 Å². The summed E-state index contributed by atoms with van der Waals surface area (Å²) in [6.45, 7) is 8.29. The minimum Gasteiger partial charge on any atom is -0.103 e. The first kappa shape index (κ1) is 10.9. The number of rotatable bonds is 3. The van der Waals surface area contributed by atoms with E-state index in [9.17, 15) is 0 Å². The van der Waals surface area contributed by atoms with Crippen molar-refractivity contribution >= 4 is 0 Å². The number of hydrogen-bond acceptors (Lipinski definition) is 0. The van der Waals surface area contributed by atoms with Gasteiger partial charge in [-0.25, -0.2) is 0 Å². The zero-order valence-electron chi connectivity index (χ0n) is 10.0. The summed E-state index contributed by atoms with van der Waals surface area (Å²) in [5, 5.41) is 0. The molecule has 0 N–H and O–H groups in total. The van der Waals surface area contributed by atoms with Gasteiger partial charge in [-0.3, -0.25) is 0 Å². The Morgan fingerprint density at radius 1 is 1.19 bits per heavy atom. The molecule has 0 heteroatoms. The van der Waals surface area contributed by atoms with Gasteiger partial charge in [0.1, 0.15) is 0 Å². The van der Waals surface area contributed by atoms with Crippen molar-refractivity contribution in [2.45, 2.75) is 26.2 Å². The minimum atomic E-state index is 0.571. The van der Waals surface area contributed by atoms with E-state index in [4.69, 9.17) is 0 Å². The van der Waals surface area contributed by atoms with Crippen LogP contribution in [-0.2, 0) is 6.42 Å². The minimum absolute atomic E-state index is 0.571. The van der Waals surface area contributed by atoms with Gasteiger partial charge in [-0.2, -0.15) is 0 Å². The third-order valence-corrected chi connectivity index (χ3v) is 3.03. The third-order valence-electron chi connectivity index (χ3n) is 3.03. The second kappa shape index (κ2) is 4.52. The predicted molar refractivity (Wildman–Crippen MR) is 71.1 cm³/mol. The SMILES string of the molecule is C=CCc1ccc(C(C)C)cc2cccc1-2. The molecule has 0 spiro atoms. The molecular formula is C16H18. The quantitative estimate of drug-likeness (QED) is 0.647. The largest absolute Gasteiger partial charge is 0.103 e. The van der Waals surface area contributed by atoms with Crippen molar-refractivity contribution in [3.63, 3.8) is 0 Å². The van der Waals surface area contributed by atoms with Gasteiger partial charge in [0.05, 0.1) is 0 Å². The maximum absolute atomic E-state index is 3.83. The second-order valence-electron chi connectivity index (χ2n) is 4.55. The van der Waals surface area contributed by atoms with Crippen LogP contribution in [0.15, 0.2) is 49.1 Å². The van der Waals surface area contributed by atoms with Gasteiger partial charge >= 0.3 is 0 Å². The van der Waals surface area contributed by atoms with E-state index in [1.807, 2.05) is 6.08 Å². The summed E-state index contributed by atoms with van der Waals surface area (Å²) >= 11 is 0. The van der Waals surface area contributed by atoms with Crippen LogP contribution in [0.25, 0.3) is 11.1 Å². The Morgan fingerprint density at radius 2 is 2.00 bits per heavy atom. The predicted octanol–water partition coefficient (Wildman–Crippen LogP) is 4.64. The second-order valence-corrected chi connectivity index (χ2v) is 4.55. The summed E-state index contributed by atoms with van der Waals surface area (Å²) in [7, 11) is 0. The third kappa shape index (κ3) is 2.01. The van der Waals surface area contributed by atoms with Gasteiger partial charge in [0, 0.05) is 0 Å². The monoisotopic (exact) mass is 210 g/mol. The van der Waals surface area contributed by atoms with Crippen molar-refractivity contribution in [3.8, 4) is 11.1 Å². The van der Waals surface area contributed by atoms with Gasteiger partial charge in [0.25, 0.3) is 0 Å². The Kier molecular flexibility index (Phi) is 3.09. The highest BCUT2D eigenvalue weighted by Gasteiger charge is 2.07. The zero-order valence-corrected chi connectivity index (χ0v) is 10.0. The van der Waals surface area contributed by atoms with Crippen molar-refractivity contribution in [1.29, 1.82) is 0 Å². The van der Waals surface area contributed by atoms with Crippen LogP contribution in [0, 0.1) is 0 Å². The van der Waals surface area contributed by atoms with Gasteiger partial charge in [-0.1, -0.05) is 56.3 Å². The topological polar surface area (TPSA) is 0 Å². The molecule has 0 unspecified atom stereocenters. The highest BCUT2D eigenvalue weighted by molar-refractivity contribution is 5.70. The van der Waals surface area contributed by atoms with E-state index in [0.29, 0.717) is 5.92 Å². The lowest BCUT2D eigenvalue weighted by Gasteiger charge is -2.01. The van der Waals surface area contributed by atoms with Gasteiger partial charge < -0.3 is 0 Å². The van der Waals surface area contributed by atoms with E-state index >= 15 is 0 Å². The lowest BCUT2D eigenvalue weighted by molar-refractivity contribution is 0.869. The van der Waals surface area contributed by atoms with E-state index in [-0.39, 0.29) is 0 Å². The molecule has 0 aromatic carbocycles. The fourth-order valence-electron chi connectivity index (χ4n) is 2.06. The highest BCUT2D eigenvalue weighted by atomic mass is 14.1. The van der Waals surface area contributed by atoms with Crippen molar-refractivity contribution in [3.05, 3.63) is 60.2 Å². The summed E-state index contributed by atoms with van der Waals surface area (Å²) in [6.07, 6.45) is 2.91. The van der Waals surface area contributed by atoms with Crippen molar-refractivity contribution in [1.82, 2.24) is 0 Å². The molecule has 0 atom stereocenters. The molecule has 0 aromatic rings. The van der Waals surface area contributed by atoms with Crippen LogP contribution in [0.2, 0.25) is 0 Å². The highest BCUT2D eigenvalue weighted by Crippen LogP contribution is 2.29. The molecule has 2 aliphatic carbocycles. The van der Waals surface area contributed by atoms with Gasteiger partial charge in [-0.05, 0) is 34.6 Å². The summed E-state index contributed by atoms with van der Waals surface area (Å²) in [5.74, 6) is 0.571. The van der Waals surface area contributed by atoms with Gasteiger partial charge in [0.2, 0.25) is 0 Å². The molecule has 0 bridgehead atoms. The van der Waals surface area contributed by atoms with Gasteiger partial charge in [0.15, 0.2) is 0 Å². The first-order valence-electron chi connectivity index (χ1n) is 5.85. The van der Waals surface area contributed by atoms with Crippen molar-refractivity contribution in [2.24, 2.45) is 0 Å². The number of hydrogen-bond donors (Lipinski definition) is 0. The smallest absolute Gasteiger partial charge is 0.00940 e. The molecule has 0 aromatic heterocycles. The number of fused-ring (bicyclic) bond motifs is 1. The molecule has 82 valence electrons. The van der Waals surface area contributed by atoms with Crippen LogP contribution >= 0.6 is 0 Å². The molecule has 0 nitrogen and oxygen atoms in total. The molecule has 0 fully saturated rings. The zero-order chi connectivity index (χ0) is 11.5. The van der Waals surface area contributed by atoms with E-state index < -0.39 is 0 Å². The lowest BCUT2D eigenvalue weighted by atomic mass is 10.0. The standard InChI is InChI=1S/C16H18/c1-4-6-13-9-10-14(12(2)3)11-15-7-5-8-16(13)15/h4-5,7-12H,1,6H2,2-3H3. The van der Waals surface area contributed by atoms with Crippen molar-refractivity contribution in [2.75, 3.05) is 0 Å². The fourth-order valence-corrected chi connectivity index (χ4v) is 2.06. The average Bonchev–Trinajstić information content (AvgIpc) is 2.63. The van der Waals surface area contributed by atoms with Crippen LogP contribution in [0.4, 0.5) is 0 Å². The van der Waals surface area contributed by atoms with Crippen molar-refractivity contribution < 1.29 is 0 Å². The Hall–Kier alpha value is -1.56. The Bertz CT molecular complexity index is 466. The first-order valence-corrected chi connectivity index (χ1v) is 5.85. The van der Waals surface area contributed by atoms with E-state index in [1.54, 1.807) is 0 Å². The molecule has 0 saturated carbocycles. The maximum atomic E-state index is 3.83. The van der Waals surface area contributed by atoms with E-state index in [2.05, 4.69) is 56.8 Å². The molecule has 0 radical (unpaired) electrons. The molecule has 0 saturated heterocycles. The molecule has 0 aliphatic heterocycles. The van der Waals surface area contributed by atoms with E-state index in [1.165, 1.54) is 22.3 Å². The number of allylic oxidation sites excluding steroid dienone is 1. The summed E-state index contributed by atoms with van der Waals surface area (Å²) in [5.41, 5.74) is 5.45. The van der Waals surface area contributed by atoms with Gasteiger partial charge in [-0.15, -0.1) is 6.58 Å². The van der Waals surface area contributed by atoms with E-state index in [0.717, 1.165) is 6.42 Å². The Labute approximate surface area is 98.0 Å². The fraction of sp³-hybridized carbons (Fsp3) is 0.250. The maximum Gasteiger partial charge on any atom is -0.00940 e. The average molecular weight is 210 g/mol. The molecule has 2 rings (SSSR count). The Morgan fingerprint density at radius 3 is 2.69 bits per heavy atom. The summed E-state index contributed by atoms with van der Waals surface area (Å²) in [4.78, 5) is 0. The molecule has 0 heterocycles. The lowest BCUT2D eigenvalue weighted by Crippen LogP contribution is -1.82. The first-order chi connectivity index (χ1) is 7.72. The van der Waals surface area contributed by atoms with Crippen LogP contribution in [0.1, 0.15) is 30.9 Å². The normalized spacial score (nSPS) is 10.9. The molecule has 16 heavy (non-hydrogen) atoms. The molecular weight excluding hydrogens is 192 g/mol. The van der Waals surface area contributed by atoms with Crippen LogP contribution in [-0.4, -0.2) is 0 Å². The molecule has 0 amide bonds.